The van der Waals surface area contributed by atoms with E-state index in [0.29, 0.717) is 22.4 Å². The maximum atomic E-state index is 13.3. The fourth-order valence-corrected chi connectivity index (χ4v) is 4.31. The van der Waals surface area contributed by atoms with Crippen molar-refractivity contribution in [2.75, 3.05) is 5.32 Å². The number of anilines is 1. The van der Waals surface area contributed by atoms with E-state index >= 15 is 0 Å². The fourth-order valence-electron chi connectivity index (χ4n) is 4.31. The van der Waals surface area contributed by atoms with E-state index in [1.165, 1.54) is 4.68 Å². The van der Waals surface area contributed by atoms with Gasteiger partial charge in [-0.2, -0.15) is 5.10 Å². The third-order valence-electron chi connectivity index (χ3n) is 6.05. The molecule has 166 valence electrons. The Bertz CT molecular complexity index is 1500. The van der Waals surface area contributed by atoms with Crippen molar-refractivity contribution in [2.24, 2.45) is 0 Å². The lowest BCUT2D eigenvalue weighted by atomic mass is 10.2. The number of nitrogens with one attached hydrogen (secondary N) is 1. The van der Waals surface area contributed by atoms with Crippen LogP contribution in [-0.2, 0) is 17.6 Å². The topological polar surface area (TPSA) is 98.9 Å². The van der Waals surface area contributed by atoms with Crippen LogP contribution in [0.3, 0.4) is 0 Å². The van der Waals surface area contributed by atoms with Gasteiger partial charge >= 0.3 is 0 Å². The van der Waals surface area contributed by atoms with Crippen molar-refractivity contribution in [3.8, 4) is 5.69 Å². The van der Waals surface area contributed by atoms with Gasteiger partial charge in [0.15, 0.2) is 0 Å². The minimum Gasteiger partial charge on any atom is -0.324 e. The average molecular weight is 441 g/mol. The zero-order valence-electron chi connectivity index (χ0n) is 18.4. The highest BCUT2D eigenvalue weighted by molar-refractivity contribution is 5.95. The molecule has 0 aliphatic heterocycles. The molecule has 0 saturated carbocycles. The summed E-state index contributed by atoms with van der Waals surface area (Å²) in [5.74, 6) is 0.191. The average Bonchev–Trinajstić information content (AvgIpc) is 3.26. The Balaban J connectivity index is 1.48. The molecule has 1 unspecified atom stereocenters. The van der Waals surface area contributed by atoms with E-state index < -0.39 is 6.04 Å². The van der Waals surface area contributed by atoms with Crippen LogP contribution in [0, 0.1) is 6.92 Å². The van der Waals surface area contributed by atoms with Crippen molar-refractivity contribution in [3.05, 3.63) is 92.4 Å². The standard InChI is InChI=1S/C25H23N5O3/c1-15(30-23(31)13-17-7-6-10-21(17)28-30)24(32)27-18-11-12-22-20(14-18)25(33)29(16(2)26-22)19-8-4-3-5-9-19/h3-5,8-9,11-15H,6-7,10H2,1-2H3,(H,27,32). The van der Waals surface area contributed by atoms with Gasteiger partial charge in [-0.3, -0.25) is 19.0 Å². The number of carbonyl (C=O) groups excluding carboxylic acids is 1. The molecule has 33 heavy (non-hydrogen) atoms. The van der Waals surface area contributed by atoms with Crippen LogP contribution in [0.4, 0.5) is 5.69 Å². The zero-order chi connectivity index (χ0) is 23.1. The SMILES string of the molecule is Cc1nc2ccc(NC(=O)C(C)n3nc4c(cc3=O)CCC4)cc2c(=O)n1-c1ccccc1. The van der Waals surface area contributed by atoms with Crippen molar-refractivity contribution < 1.29 is 4.79 Å². The minimum absolute atomic E-state index is 0.218. The summed E-state index contributed by atoms with van der Waals surface area (Å²) in [5.41, 5.74) is 3.06. The highest BCUT2D eigenvalue weighted by atomic mass is 16.2. The van der Waals surface area contributed by atoms with Gasteiger partial charge in [0.25, 0.3) is 11.1 Å². The molecule has 8 heteroatoms. The first-order chi connectivity index (χ1) is 15.9. The van der Waals surface area contributed by atoms with Crippen LogP contribution in [0.15, 0.2) is 64.2 Å². The summed E-state index contributed by atoms with van der Waals surface area (Å²) in [6, 6.07) is 15.1. The van der Waals surface area contributed by atoms with E-state index in [2.05, 4.69) is 15.4 Å². The molecule has 8 nitrogen and oxygen atoms in total. The van der Waals surface area contributed by atoms with Crippen LogP contribution in [0.5, 0.6) is 0 Å². The summed E-state index contributed by atoms with van der Waals surface area (Å²) in [6.07, 6.45) is 2.64. The predicted octanol–water partition coefficient (Wildman–Crippen LogP) is 2.94. The van der Waals surface area contributed by atoms with E-state index in [4.69, 9.17) is 0 Å². The van der Waals surface area contributed by atoms with Crippen LogP contribution in [0.25, 0.3) is 16.6 Å². The van der Waals surface area contributed by atoms with E-state index in [1.807, 2.05) is 30.3 Å². The molecule has 2 heterocycles. The largest absolute Gasteiger partial charge is 0.324 e. The van der Waals surface area contributed by atoms with Gasteiger partial charge in [-0.05, 0) is 69.0 Å². The monoisotopic (exact) mass is 441 g/mol. The molecule has 0 radical (unpaired) electrons. The van der Waals surface area contributed by atoms with Crippen molar-refractivity contribution >= 4 is 22.5 Å². The first kappa shape index (κ1) is 20.8. The smallest absolute Gasteiger partial charge is 0.267 e. The molecule has 0 saturated heterocycles. The van der Waals surface area contributed by atoms with Gasteiger partial charge in [-0.25, -0.2) is 9.67 Å². The fraction of sp³-hybridized carbons (Fsp3) is 0.240. The summed E-state index contributed by atoms with van der Waals surface area (Å²) in [7, 11) is 0. The minimum atomic E-state index is -0.795. The Hall–Kier alpha value is -4.07. The number of nitrogens with zero attached hydrogens (tertiary/aromatic N) is 4. The zero-order valence-corrected chi connectivity index (χ0v) is 18.4. The Morgan fingerprint density at radius 3 is 2.64 bits per heavy atom. The molecule has 2 aromatic carbocycles. The summed E-state index contributed by atoms with van der Waals surface area (Å²) >= 11 is 0. The van der Waals surface area contributed by atoms with Gasteiger partial charge in [0.05, 0.1) is 22.3 Å². The summed E-state index contributed by atoms with van der Waals surface area (Å²) in [6.45, 7) is 3.42. The summed E-state index contributed by atoms with van der Waals surface area (Å²) < 4.78 is 2.78. The molecule has 1 aliphatic carbocycles. The quantitative estimate of drug-likeness (QED) is 0.525. The van der Waals surface area contributed by atoms with E-state index in [1.54, 1.807) is 42.7 Å². The lowest BCUT2D eigenvalue weighted by molar-refractivity contribution is -0.119. The van der Waals surface area contributed by atoms with Crippen LogP contribution in [0.1, 0.15) is 36.5 Å². The van der Waals surface area contributed by atoms with E-state index in [-0.39, 0.29) is 17.0 Å². The van der Waals surface area contributed by atoms with Gasteiger partial charge in [0, 0.05) is 11.8 Å². The maximum absolute atomic E-state index is 13.3. The van der Waals surface area contributed by atoms with Gasteiger partial charge in [0.1, 0.15) is 11.9 Å². The van der Waals surface area contributed by atoms with Gasteiger partial charge in [-0.15, -0.1) is 0 Å². The van der Waals surface area contributed by atoms with Crippen molar-refractivity contribution in [1.82, 2.24) is 19.3 Å². The second-order valence-corrected chi connectivity index (χ2v) is 8.28. The molecule has 0 spiro atoms. The first-order valence-electron chi connectivity index (χ1n) is 10.9. The maximum Gasteiger partial charge on any atom is 0.267 e. The number of para-hydroxylation sites is 1. The molecule has 5 rings (SSSR count). The van der Waals surface area contributed by atoms with Gasteiger partial charge < -0.3 is 5.32 Å². The lowest BCUT2D eigenvalue weighted by Crippen LogP contribution is -2.34. The van der Waals surface area contributed by atoms with E-state index in [9.17, 15) is 14.4 Å². The Labute approximate surface area is 189 Å². The number of rotatable bonds is 4. The first-order valence-corrected chi connectivity index (χ1v) is 10.9. The number of amides is 1. The molecule has 1 atom stereocenters. The third kappa shape index (κ3) is 3.73. The normalized spacial score (nSPS) is 13.6. The molecule has 2 aromatic heterocycles. The second-order valence-electron chi connectivity index (χ2n) is 8.28. The molecule has 0 fully saturated rings. The van der Waals surface area contributed by atoms with Crippen LogP contribution < -0.4 is 16.4 Å². The second kappa shape index (κ2) is 8.12. The number of carbonyl (C=O) groups is 1. The number of fused-ring (bicyclic) bond motifs is 2. The molecular formula is C25H23N5O3. The van der Waals surface area contributed by atoms with Crippen LogP contribution in [0.2, 0.25) is 0 Å². The molecule has 0 bridgehead atoms. The van der Waals surface area contributed by atoms with Crippen molar-refractivity contribution in [3.63, 3.8) is 0 Å². The van der Waals surface area contributed by atoms with Gasteiger partial charge in [-0.1, -0.05) is 18.2 Å². The highest BCUT2D eigenvalue weighted by Gasteiger charge is 2.22. The van der Waals surface area contributed by atoms with Crippen molar-refractivity contribution in [1.29, 1.82) is 0 Å². The van der Waals surface area contributed by atoms with Gasteiger partial charge in [0.2, 0.25) is 5.91 Å². The number of aryl methyl sites for hydroxylation is 3. The van der Waals surface area contributed by atoms with E-state index in [0.717, 1.165) is 36.2 Å². The van der Waals surface area contributed by atoms with Crippen molar-refractivity contribution in [2.45, 2.75) is 39.2 Å². The molecule has 1 aliphatic rings. The van der Waals surface area contributed by atoms with Crippen LogP contribution >= 0.6 is 0 Å². The molecule has 1 N–H and O–H groups in total. The predicted molar refractivity (Wildman–Crippen MR) is 126 cm³/mol. The molecule has 1 amide bonds. The number of aromatic nitrogens is 4. The molecule has 4 aromatic rings. The Morgan fingerprint density at radius 2 is 1.85 bits per heavy atom. The molecular weight excluding hydrogens is 418 g/mol. The Morgan fingerprint density at radius 1 is 1.06 bits per heavy atom. The Kier molecular flexibility index (Phi) is 5.12. The van der Waals surface area contributed by atoms with Crippen LogP contribution in [-0.4, -0.2) is 25.2 Å². The number of benzene rings is 2. The summed E-state index contributed by atoms with van der Waals surface area (Å²) in [4.78, 5) is 43.2. The summed E-state index contributed by atoms with van der Waals surface area (Å²) in [5, 5.41) is 7.62. The number of hydrogen-bond acceptors (Lipinski definition) is 5. The lowest BCUT2D eigenvalue weighted by Gasteiger charge is -2.16. The highest BCUT2D eigenvalue weighted by Crippen LogP contribution is 2.20. The third-order valence-corrected chi connectivity index (χ3v) is 6.05. The number of hydrogen-bond donors (Lipinski definition) is 1.